The number of rotatable bonds is 4. The lowest BCUT2D eigenvalue weighted by atomic mass is 10.1. The highest BCUT2D eigenvalue weighted by Crippen LogP contribution is 2.26. The van der Waals surface area contributed by atoms with E-state index < -0.39 is 0 Å². The average Bonchev–Trinajstić information content (AvgIpc) is 3.10. The average molecular weight is 311 g/mol. The highest BCUT2D eigenvalue weighted by molar-refractivity contribution is 5.92. The van der Waals surface area contributed by atoms with Crippen molar-refractivity contribution in [2.45, 2.75) is 25.8 Å². The van der Waals surface area contributed by atoms with E-state index in [0.717, 1.165) is 30.2 Å². The quantitative estimate of drug-likeness (QED) is 0.911. The fraction of sp³-hybridized carbons (Fsp3) is 0.353. The Morgan fingerprint density at radius 2 is 2.00 bits per heavy atom. The first-order chi connectivity index (χ1) is 11.2. The number of urea groups is 1. The Balaban J connectivity index is 1.66. The lowest BCUT2D eigenvalue weighted by Gasteiger charge is -2.21. The molecule has 2 amide bonds. The summed E-state index contributed by atoms with van der Waals surface area (Å²) in [7, 11) is 0. The normalized spacial score (nSPS) is 15.3. The molecule has 1 aliphatic heterocycles. The molecule has 3 rings (SSSR count). The van der Waals surface area contributed by atoms with Gasteiger partial charge in [-0.1, -0.05) is 6.07 Å². The van der Waals surface area contributed by atoms with Crippen molar-refractivity contribution in [3.8, 4) is 0 Å². The molecular weight excluding hydrogens is 290 g/mol. The SMILES string of the molecule is C[C@H](NC(=O)Nc1cccnc1N1CCCC1)c1cccnc1. The van der Waals surface area contributed by atoms with Crippen molar-refractivity contribution in [2.24, 2.45) is 0 Å². The number of anilines is 2. The standard InChI is InChI=1S/C17H21N5O/c1-13(14-6-4-8-18-12-14)20-17(23)21-15-7-5-9-19-16(15)22-10-2-3-11-22/h4-9,12-13H,2-3,10-11H2,1H3,(H2,20,21,23)/t13-/m0/s1. The first-order valence-electron chi connectivity index (χ1n) is 7.91. The number of carbonyl (C=O) groups excluding carboxylic acids is 1. The molecule has 120 valence electrons. The van der Waals surface area contributed by atoms with Crippen LogP contribution in [0.1, 0.15) is 31.4 Å². The molecule has 2 aromatic heterocycles. The molecule has 2 aromatic rings. The van der Waals surface area contributed by atoms with Crippen LogP contribution in [0.3, 0.4) is 0 Å². The zero-order valence-corrected chi connectivity index (χ0v) is 13.2. The van der Waals surface area contributed by atoms with E-state index in [4.69, 9.17) is 0 Å². The fourth-order valence-corrected chi connectivity index (χ4v) is 2.75. The van der Waals surface area contributed by atoms with Gasteiger partial charge in [0.2, 0.25) is 0 Å². The topological polar surface area (TPSA) is 70.2 Å². The smallest absolute Gasteiger partial charge is 0.319 e. The van der Waals surface area contributed by atoms with Gasteiger partial charge in [-0.2, -0.15) is 0 Å². The summed E-state index contributed by atoms with van der Waals surface area (Å²) >= 11 is 0. The summed E-state index contributed by atoms with van der Waals surface area (Å²) in [5, 5.41) is 5.84. The molecule has 6 heteroatoms. The number of hydrogen-bond acceptors (Lipinski definition) is 4. The molecule has 0 spiro atoms. The third-order valence-corrected chi connectivity index (χ3v) is 3.97. The van der Waals surface area contributed by atoms with E-state index in [9.17, 15) is 4.79 Å². The van der Waals surface area contributed by atoms with E-state index in [2.05, 4.69) is 25.5 Å². The summed E-state index contributed by atoms with van der Waals surface area (Å²) in [4.78, 5) is 23.0. The van der Waals surface area contributed by atoms with Crippen LogP contribution in [0.25, 0.3) is 0 Å². The molecule has 0 saturated carbocycles. The Labute approximate surface area is 135 Å². The predicted molar refractivity (Wildman–Crippen MR) is 90.5 cm³/mol. The minimum absolute atomic E-state index is 0.115. The molecular formula is C17H21N5O. The maximum Gasteiger partial charge on any atom is 0.319 e. The number of nitrogens with one attached hydrogen (secondary N) is 2. The molecule has 1 atom stereocenters. The molecule has 23 heavy (non-hydrogen) atoms. The zero-order chi connectivity index (χ0) is 16.1. The molecule has 0 bridgehead atoms. The summed E-state index contributed by atoms with van der Waals surface area (Å²) in [6.45, 7) is 3.90. The van der Waals surface area contributed by atoms with Crippen LogP contribution >= 0.6 is 0 Å². The monoisotopic (exact) mass is 311 g/mol. The molecule has 3 heterocycles. The summed E-state index contributed by atoms with van der Waals surface area (Å²) in [6.07, 6.45) is 7.56. The van der Waals surface area contributed by atoms with Crippen molar-refractivity contribution in [3.05, 3.63) is 48.4 Å². The van der Waals surface area contributed by atoms with Crippen LogP contribution in [0.2, 0.25) is 0 Å². The lowest BCUT2D eigenvalue weighted by Crippen LogP contribution is -2.32. The van der Waals surface area contributed by atoms with Crippen LogP contribution in [0.15, 0.2) is 42.9 Å². The van der Waals surface area contributed by atoms with Gasteiger partial charge in [-0.05, 0) is 43.5 Å². The Morgan fingerprint density at radius 3 is 2.74 bits per heavy atom. The van der Waals surface area contributed by atoms with E-state index in [1.165, 1.54) is 12.8 Å². The number of aromatic nitrogens is 2. The number of pyridine rings is 2. The molecule has 1 saturated heterocycles. The highest BCUT2D eigenvalue weighted by atomic mass is 16.2. The first kappa shape index (κ1) is 15.3. The minimum atomic E-state index is -0.241. The van der Waals surface area contributed by atoms with Crippen molar-refractivity contribution >= 4 is 17.5 Å². The molecule has 0 unspecified atom stereocenters. The second-order valence-electron chi connectivity index (χ2n) is 5.68. The molecule has 2 N–H and O–H groups in total. The number of amides is 2. The van der Waals surface area contributed by atoms with Gasteiger partial charge in [-0.3, -0.25) is 4.98 Å². The summed E-state index contributed by atoms with van der Waals surface area (Å²) in [6, 6.07) is 7.16. The Hall–Kier alpha value is -2.63. The predicted octanol–water partition coefficient (Wildman–Crippen LogP) is 2.96. The molecule has 6 nitrogen and oxygen atoms in total. The Kier molecular flexibility index (Phi) is 4.71. The first-order valence-corrected chi connectivity index (χ1v) is 7.91. The van der Waals surface area contributed by atoms with Crippen LogP contribution in [0, 0.1) is 0 Å². The third kappa shape index (κ3) is 3.77. The Morgan fingerprint density at radius 1 is 1.22 bits per heavy atom. The maximum absolute atomic E-state index is 12.3. The van der Waals surface area contributed by atoms with Gasteiger partial charge in [0.05, 0.1) is 11.7 Å². The van der Waals surface area contributed by atoms with Crippen molar-refractivity contribution < 1.29 is 4.79 Å². The van der Waals surface area contributed by atoms with Gasteiger partial charge in [-0.25, -0.2) is 9.78 Å². The van der Waals surface area contributed by atoms with Gasteiger partial charge in [-0.15, -0.1) is 0 Å². The van der Waals surface area contributed by atoms with Crippen LogP contribution in [0.4, 0.5) is 16.3 Å². The van der Waals surface area contributed by atoms with E-state index >= 15 is 0 Å². The summed E-state index contributed by atoms with van der Waals surface area (Å²) < 4.78 is 0. The number of carbonyl (C=O) groups is 1. The summed E-state index contributed by atoms with van der Waals surface area (Å²) in [5.41, 5.74) is 1.71. The van der Waals surface area contributed by atoms with Crippen LogP contribution in [-0.4, -0.2) is 29.1 Å². The van der Waals surface area contributed by atoms with Crippen molar-refractivity contribution in [1.29, 1.82) is 0 Å². The van der Waals surface area contributed by atoms with Gasteiger partial charge < -0.3 is 15.5 Å². The third-order valence-electron chi connectivity index (χ3n) is 3.97. The molecule has 0 radical (unpaired) electrons. The van der Waals surface area contributed by atoms with Gasteiger partial charge in [0.25, 0.3) is 0 Å². The number of hydrogen-bond donors (Lipinski definition) is 2. The van der Waals surface area contributed by atoms with Crippen molar-refractivity contribution in [2.75, 3.05) is 23.3 Å². The van der Waals surface area contributed by atoms with Gasteiger partial charge in [0.15, 0.2) is 5.82 Å². The van der Waals surface area contributed by atoms with E-state index in [1.807, 2.05) is 31.2 Å². The van der Waals surface area contributed by atoms with Gasteiger partial charge >= 0.3 is 6.03 Å². The van der Waals surface area contributed by atoms with Crippen LogP contribution < -0.4 is 15.5 Å². The zero-order valence-electron chi connectivity index (χ0n) is 13.2. The van der Waals surface area contributed by atoms with Gasteiger partial charge in [0.1, 0.15) is 0 Å². The second-order valence-corrected chi connectivity index (χ2v) is 5.68. The van der Waals surface area contributed by atoms with E-state index in [1.54, 1.807) is 18.6 Å². The van der Waals surface area contributed by atoms with Crippen molar-refractivity contribution in [1.82, 2.24) is 15.3 Å². The number of nitrogens with zero attached hydrogens (tertiary/aromatic N) is 3. The minimum Gasteiger partial charge on any atom is -0.355 e. The highest BCUT2D eigenvalue weighted by Gasteiger charge is 2.18. The lowest BCUT2D eigenvalue weighted by molar-refractivity contribution is 0.249. The van der Waals surface area contributed by atoms with E-state index in [-0.39, 0.29) is 12.1 Å². The largest absolute Gasteiger partial charge is 0.355 e. The van der Waals surface area contributed by atoms with Crippen LogP contribution in [0.5, 0.6) is 0 Å². The molecule has 0 aliphatic carbocycles. The maximum atomic E-state index is 12.3. The second kappa shape index (κ2) is 7.09. The molecule has 1 aliphatic rings. The molecule has 1 fully saturated rings. The Bertz CT molecular complexity index is 655. The fourth-order valence-electron chi connectivity index (χ4n) is 2.75. The summed E-state index contributed by atoms with van der Waals surface area (Å²) in [5.74, 6) is 0.842. The van der Waals surface area contributed by atoms with Gasteiger partial charge in [0, 0.05) is 31.7 Å². The van der Waals surface area contributed by atoms with E-state index in [0.29, 0.717) is 0 Å². The van der Waals surface area contributed by atoms with Crippen molar-refractivity contribution in [3.63, 3.8) is 0 Å². The molecule has 0 aromatic carbocycles. The van der Waals surface area contributed by atoms with Crippen LogP contribution in [-0.2, 0) is 0 Å².